The van der Waals surface area contributed by atoms with Crippen LogP contribution in [0.5, 0.6) is 0 Å². The molecule has 0 aliphatic heterocycles. The van der Waals surface area contributed by atoms with Crippen molar-refractivity contribution in [3.05, 3.63) is 39.9 Å². The fraction of sp³-hybridized carbons (Fsp3) is 0.529. The molecule has 0 fully saturated rings. The lowest BCUT2D eigenvalue weighted by molar-refractivity contribution is -0.385. The average Bonchev–Trinajstić information content (AvgIpc) is 2.55. The van der Waals surface area contributed by atoms with E-state index in [1.165, 1.54) is 6.07 Å². The lowest BCUT2D eigenvalue weighted by atomic mass is 10.1. The summed E-state index contributed by atoms with van der Waals surface area (Å²) in [4.78, 5) is 38.2. The van der Waals surface area contributed by atoms with Crippen molar-refractivity contribution in [1.29, 1.82) is 0 Å². The SMILES string of the molecule is CCOC(=O)CCN(CCN(C)C)C(=O)Cc1ccccc1[N+](=O)[O-]. The first-order valence-corrected chi connectivity index (χ1v) is 8.15. The van der Waals surface area contributed by atoms with Gasteiger partial charge < -0.3 is 14.5 Å². The van der Waals surface area contributed by atoms with Crippen LogP contribution in [0.25, 0.3) is 0 Å². The third kappa shape index (κ3) is 7.30. The molecule has 0 saturated heterocycles. The zero-order valence-corrected chi connectivity index (χ0v) is 14.9. The highest BCUT2D eigenvalue weighted by Gasteiger charge is 2.20. The molecule has 1 amide bonds. The first-order valence-electron chi connectivity index (χ1n) is 8.15. The summed E-state index contributed by atoms with van der Waals surface area (Å²) in [6.45, 7) is 3.31. The molecule has 25 heavy (non-hydrogen) atoms. The molecule has 8 heteroatoms. The van der Waals surface area contributed by atoms with E-state index in [2.05, 4.69) is 0 Å². The van der Waals surface area contributed by atoms with E-state index in [0.29, 0.717) is 25.3 Å². The number of ether oxygens (including phenoxy) is 1. The summed E-state index contributed by atoms with van der Waals surface area (Å²) < 4.78 is 4.89. The van der Waals surface area contributed by atoms with Gasteiger partial charge in [0.2, 0.25) is 5.91 Å². The van der Waals surface area contributed by atoms with E-state index in [1.54, 1.807) is 30.0 Å². The number of nitro groups is 1. The quantitative estimate of drug-likeness (QED) is 0.360. The third-order valence-electron chi connectivity index (χ3n) is 3.59. The molecular formula is C17H25N3O5. The van der Waals surface area contributed by atoms with E-state index in [4.69, 9.17) is 4.74 Å². The van der Waals surface area contributed by atoms with Crippen molar-refractivity contribution in [3.63, 3.8) is 0 Å². The maximum Gasteiger partial charge on any atom is 0.307 e. The van der Waals surface area contributed by atoms with E-state index in [9.17, 15) is 19.7 Å². The Hall–Kier alpha value is -2.48. The summed E-state index contributed by atoms with van der Waals surface area (Å²) in [5.41, 5.74) is 0.289. The zero-order chi connectivity index (χ0) is 18.8. The molecule has 0 atom stereocenters. The number of rotatable bonds is 10. The fourth-order valence-corrected chi connectivity index (χ4v) is 2.25. The van der Waals surface area contributed by atoms with Gasteiger partial charge in [-0.2, -0.15) is 0 Å². The number of amides is 1. The lowest BCUT2D eigenvalue weighted by Gasteiger charge is -2.24. The van der Waals surface area contributed by atoms with E-state index in [-0.39, 0.29) is 37.0 Å². The molecule has 1 aromatic rings. The second-order valence-corrected chi connectivity index (χ2v) is 5.80. The van der Waals surface area contributed by atoms with Gasteiger partial charge in [-0.25, -0.2) is 0 Å². The number of nitrogens with zero attached hydrogens (tertiary/aromatic N) is 3. The normalized spacial score (nSPS) is 10.6. The number of hydrogen-bond donors (Lipinski definition) is 0. The minimum Gasteiger partial charge on any atom is -0.466 e. The molecule has 0 unspecified atom stereocenters. The lowest BCUT2D eigenvalue weighted by Crippen LogP contribution is -2.39. The molecule has 0 aliphatic carbocycles. The van der Waals surface area contributed by atoms with E-state index >= 15 is 0 Å². The molecule has 0 aromatic heterocycles. The maximum atomic E-state index is 12.6. The van der Waals surface area contributed by atoms with Crippen molar-refractivity contribution in [1.82, 2.24) is 9.80 Å². The van der Waals surface area contributed by atoms with Crippen LogP contribution < -0.4 is 0 Å². The Morgan fingerprint density at radius 3 is 2.44 bits per heavy atom. The topological polar surface area (TPSA) is 93.0 Å². The smallest absolute Gasteiger partial charge is 0.307 e. The summed E-state index contributed by atoms with van der Waals surface area (Å²) in [5, 5.41) is 11.1. The largest absolute Gasteiger partial charge is 0.466 e. The fourth-order valence-electron chi connectivity index (χ4n) is 2.25. The van der Waals surface area contributed by atoms with Gasteiger partial charge >= 0.3 is 5.97 Å². The highest BCUT2D eigenvalue weighted by molar-refractivity contribution is 5.80. The van der Waals surface area contributed by atoms with Gasteiger partial charge in [0.05, 0.1) is 24.4 Å². The highest BCUT2D eigenvalue weighted by Crippen LogP contribution is 2.19. The van der Waals surface area contributed by atoms with E-state index in [1.807, 2.05) is 19.0 Å². The Morgan fingerprint density at radius 2 is 1.84 bits per heavy atom. The van der Waals surface area contributed by atoms with Crippen LogP contribution in [-0.4, -0.2) is 66.9 Å². The molecule has 0 N–H and O–H groups in total. The van der Waals surface area contributed by atoms with Gasteiger partial charge in [0.1, 0.15) is 0 Å². The van der Waals surface area contributed by atoms with Gasteiger partial charge in [-0.15, -0.1) is 0 Å². The molecule has 0 aliphatic rings. The molecule has 0 saturated carbocycles. The minimum absolute atomic E-state index is 0.0752. The molecule has 0 bridgehead atoms. The number of nitro benzene ring substituents is 1. The van der Waals surface area contributed by atoms with Crippen LogP contribution >= 0.6 is 0 Å². The average molecular weight is 351 g/mol. The van der Waals surface area contributed by atoms with Gasteiger partial charge in [-0.05, 0) is 21.0 Å². The van der Waals surface area contributed by atoms with Gasteiger partial charge in [0.15, 0.2) is 0 Å². The van der Waals surface area contributed by atoms with Crippen molar-refractivity contribution in [3.8, 4) is 0 Å². The second-order valence-electron chi connectivity index (χ2n) is 5.80. The van der Waals surface area contributed by atoms with Gasteiger partial charge in [-0.3, -0.25) is 19.7 Å². The summed E-state index contributed by atoms with van der Waals surface area (Å²) >= 11 is 0. The number of esters is 1. The Kier molecular flexibility index (Phi) is 8.55. The summed E-state index contributed by atoms with van der Waals surface area (Å²) in [5.74, 6) is -0.615. The summed E-state index contributed by atoms with van der Waals surface area (Å²) in [6, 6.07) is 6.19. The van der Waals surface area contributed by atoms with Crippen molar-refractivity contribution in [2.24, 2.45) is 0 Å². The molecule has 1 aromatic carbocycles. The Bertz CT molecular complexity index is 604. The summed E-state index contributed by atoms with van der Waals surface area (Å²) in [6.07, 6.45) is 0.0251. The van der Waals surface area contributed by atoms with Crippen molar-refractivity contribution in [2.45, 2.75) is 19.8 Å². The van der Waals surface area contributed by atoms with Crippen molar-refractivity contribution in [2.75, 3.05) is 40.3 Å². The minimum atomic E-state index is -0.495. The number of carbonyl (C=O) groups is 2. The van der Waals surface area contributed by atoms with Gasteiger partial charge in [0.25, 0.3) is 5.69 Å². The Labute approximate surface area is 147 Å². The van der Waals surface area contributed by atoms with E-state index < -0.39 is 4.92 Å². The van der Waals surface area contributed by atoms with Crippen LogP contribution in [0.4, 0.5) is 5.69 Å². The third-order valence-corrected chi connectivity index (χ3v) is 3.59. The molecule has 0 heterocycles. The first kappa shape index (κ1) is 20.6. The van der Waals surface area contributed by atoms with Crippen LogP contribution in [0, 0.1) is 10.1 Å². The van der Waals surface area contributed by atoms with Crippen LogP contribution in [0.2, 0.25) is 0 Å². The van der Waals surface area contributed by atoms with Crippen LogP contribution in [0.3, 0.4) is 0 Å². The van der Waals surface area contributed by atoms with Crippen LogP contribution in [-0.2, 0) is 20.7 Å². The van der Waals surface area contributed by atoms with E-state index in [0.717, 1.165) is 0 Å². The molecule has 8 nitrogen and oxygen atoms in total. The predicted molar refractivity (Wildman–Crippen MR) is 93.2 cm³/mol. The van der Waals surface area contributed by atoms with Gasteiger partial charge in [0, 0.05) is 31.3 Å². The second kappa shape index (κ2) is 10.4. The maximum absolute atomic E-state index is 12.6. The molecule has 1 rings (SSSR count). The number of likely N-dealkylation sites (N-methyl/N-ethyl adjacent to an activating group) is 1. The molecule has 138 valence electrons. The first-order chi connectivity index (χ1) is 11.8. The Balaban J connectivity index is 2.80. The van der Waals surface area contributed by atoms with Crippen molar-refractivity contribution >= 4 is 17.6 Å². The Morgan fingerprint density at radius 1 is 1.16 bits per heavy atom. The van der Waals surface area contributed by atoms with Crippen LogP contribution in [0.1, 0.15) is 18.9 Å². The predicted octanol–water partition coefficient (Wildman–Crippen LogP) is 1.48. The van der Waals surface area contributed by atoms with Crippen molar-refractivity contribution < 1.29 is 19.2 Å². The number of benzene rings is 1. The molecule has 0 radical (unpaired) electrons. The number of para-hydroxylation sites is 1. The summed E-state index contributed by atoms with van der Waals surface area (Å²) in [7, 11) is 3.77. The van der Waals surface area contributed by atoms with Crippen LogP contribution in [0.15, 0.2) is 24.3 Å². The molecular weight excluding hydrogens is 326 g/mol. The number of hydrogen-bond acceptors (Lipinski definition) is 6. The standard InChI is InChI=1S/C17H25N3O5/c1-4-25-17(22)9-10-19(12-11-18(2)3)16(21)13-14-7-5-6-8-15(14)20(23)24/h5-8H,4,9-13H2,1-3H3. The zero-order valence-electron chi connectivity index (χ0n) is 14.9. The van der Waals surface area contributed by atoms with Gasteiger partial charge in [-0.1, -0.05) is 18.2 Å². The highest BCUT2D eigenvalue weighted by atomic mass is 16.6. The monoisotopic (exact) mass is 351 g/mol. The number of carbonyl (C=O) groups excluding carboxylic acids is 2. The molecule has 0 spiro atoms.